The van der Waals surface area contributed by atoms with Crippen molar-refractivity contribution < 1.29 is 4.52 Å². The number of pyridine rings is 2. The zero-order chi connectivity index (χ0) is 13.2. The largest absolute Gasteiger partial charge is 0.339 e. The highest BCUT2D eigenvalue weighted by molar-refractivity contribution is 6.30. The van der Waals surface area contributed by atoms with E-state index in [0.717, 1.165) is 11.3 Å². The van der Waals surface area contributed by atoms with Crippen molar-refractivity contribution in [2.24, 2.45) is 0 Å². The van der Waals surface area contributed by atoms with E-state index in [4.69, 9.17) is 16.1 Å². The van der Waals surface area contributed by atoms with Gasteiger partial charge in [-0.25, -0.2) is 4.98 Å². The third-order valence-electron chi connectivity index (χ3n) is 2.46. The summed E-state index contributed by atoms with van der Waals surface area (Å²) in [5.74, 6) is 0.949. The van der Waals surface area contributed by atoms with Crippen LogP contribution in [-0.2, 0) is 0 Å². The number of aryl methyl sites for hydroxylation is 1. The van der Waals surface area contributed by atoms with Crippen LogP contribution in [0.25, 0.3) is 22.8 Å². The van der Waals surface area contributed by atoms with Gasteiger partial charge in [0.25, 0.3) is 0 Å². The number of rotatable bonds is 2. The third kappa shape index (κ3) is 2.46. The molecule has 3 aromatic heterocycles. The summed E-state index contributed by atoms with van der Waals surface area (Å²) in [7, 11) is 0. The Kier molecular flexibility index (Phi) is 2.97. The summed E-state index contributed by atoms with van der Waals surface area (Å²) in [6, 6.07) is 7.24. The molecule has 0 saturated heterocycles. The maximum absolute atomic E-state index is 5.79. The average Bonchev–Trinajstić information content (AvgIpc) is 2.87. The molecule has 0 saturated carbocycles. The molecular weight excluding hydrogens is 264 g/mol. The Balaban J connectivity index is 1.92. The number of nitrogens with zero attached hydrogens (tertiary/aromatic N) is 4. The molecular formula is C13H8ClN4O. The van der Waals surface area contributed by atoms with Crippen LogP contribution in [0.2, 0.25) is 5.02 Å². The number of halogens is 1. The summed E-state index contributed by atoms with van der Waals surface area (Å²) < 4.78 is 4.90. The van der Waals surface area contributed by atoms with Crippen LogP contribution in [0.4, 0.5) is 0 Å². The number of hydrogen-bond acceptors (Lipinski definition) is 5. The van der Waals surface area contributed by atoms with Gasteiger partial charge in [0.15, 0.2) is 0 Å². The highest BCUT2D eigenvalue weighted by Crippen LogP contribution is 2.20. The van der Waals surface area contributed by atoms with Gasteiger partial charge in [-0.1, -0.05) is 16.8 Å². The smallest absolute Gasteiger partial charge is 0.223 e. The van der Waals surface area contributed by atoms with Crippen molar-refractivity contribution >= 4 is 11.6 Å². The molecule has 5 nitrogen and oxygen atoms in total. The fourth-order valence-corrected chi connectivity index (χ4v) is 1.67. The molecule has 0 bridgehead atoms. The maximum atomic E-state index is 5.79. The topological polar surface area (TPSA) is 64.7 Å². The Labute approximate surface area is 114 Å². The van der Waals surface area contributed by atoms with Gasteiger partial charge in [-0.3, -0.25) is 4.98 Å². The minimum absolute atomic E-state index is 0.448. The predicted molar refractivity (Wildman–Crippen MR) is 69.3 cm³/mol. The molecule has 1 radical (unpaired) electrons. The Hall–Kier alpha value is -2.27. The van der Waals surface area contributed by atoms with Crippen LogP contribution in [0.5, 0.6) is 0 Å². The lowest BCUT2D eigenvalue weighted by atomic mass is 10.2. The molecule has 0 aromatic carbocycles. The fraction of sp³-hybridized carbons (Fsp3) is 0.0769. The number of aromatic nitrogens is 4. The molecule has 0 unspecified atom stereocenters. The van der Waals surface area contributed by atoms with E-state index in [9.17, 15) is 0 Å². The van der Waals surface area contributed by atoms with Crippen LogP contribution in [0, 0.1) is 13.1 Å². The van der Waals surface area contributed by atoms with E-state index in [0.29, 0.717) is 22.4 Å². The minimum atomic E-state index is 0.448. The Bertz CT molecular complexity index is 691. The highest BCUT2D eigenvalue weighted by Gasteiger charge is 2.08. The SMILES string of the molecule is Cc1nc(-c2ccc(-c3ccc(Cl)cn3)[c]n2)no1. The first-order valence-electron chi connectivity index (χ1n) is 5.54. The van der Waals surface area contributed by atoms with Gasteiger partial charge < -0.3 is 4.52 Å². The fourth-order valence-electron chi connectivity index (χ4n) is 1.56. The van der Waals surface area contributed by atoms with Crippen LogP contribution in [0.1, 0.15) is 5.89 Å². The normalized spacial score (nSPS) is 10.6. The van der Waals surface area contributed by atoms with E-state index < -0.39 is 0 Å². The van der Waals surface area contributed by atoms with E-state index in [-0.39, 0.29) is 0 Å². The quantitative estimate of drug-likeness (QED) is 0.717. The first-order chi connectivity index (χ1) is 9.22. The van der Waals surface area contributed by atoms with Gasteiger partial charge in [0.05, 0.1) is 16.9 Å². The Morgan fingerprint density at radius 3 is 2.58 bits per heavy atom. The summed E-state index contributed by atoms with van der Waals surface area (Å²) in [5, 5.41) is 4.39. The minimum Gasteiger partial charge on any atom is -0.339 e. The average molecular weight is 272 g/mol. The molecule has 0 atom stereocenters. The summed E-state index contributed by atoms with van der Waals surface area (Å²) >= 11 is 5.79. The van der Waals surface area contributed by atoms with E-state index in [1.807, 2.05) is 12.1 Å². The summed E-state index contributed by atoms with van der Waals surface area (Å²) in [4.78, 5) is 12.5. The van der Waals surface area contributed by atoms with Crippen LogP contribution < -0.4 is 0 Å². The van der Waals surface area contributed by atoms with Crippen LogP contribution in [0.3, 0.4) is 0 Å². The first kappa shape index (κ1) is 11.8. The Morgan fingerprint density at radius 2 is 2.00 bits per heavy atom. The van der Waals surface area contributed by atoms with Crippen LogP contribution in [-0.4, -0.2) is 20.1 Å². The second-order valence-corrected chi connectivity index (χ2v) is 4.29. The first-order valence-corrected chi connectivity index (χ1v) is 5.91. The standard InChI is InChI=1S/C13H8ClN4O/c1-8-17-13(18-19-8)12-4-2-9(6-15-12)11-5-3-10(14)7-16-11/h2-5,7H,1H3. The van der Waals surface area contributed by atoms with Crippen molar-refractivity contribution in [2.75, 3.05) is 0 Å². The molecule has 3 heterocycles. The van der Waals surface area contributed by atoms with E-state index >= 15 is 0 Å². The van der Waals surface area contributed by atoms with E-state index in [2.05, 4.69) is 26.3 Å². The monoisotopic (exact) mass is 271 g/mol. The van der Waals surface area contributed by atoms with Gasteiger partial charge in [0, 0.05) is 18.7 Å². The molecule has 3 rings (SSSR count). The molecule has 6 heteroatoms. The molecule has 93 valence electrons. The second-order valence-electron chi connectivity index (χ2n) is 3.85. The molecule has 0 aliphatic rings. The van der Waals surface area contributed by atoms with Crippen molar-refractivity contribution in [1.82, 2.24) is 20.1 Å². The van der Waals surface area contributed by atoms with Crippen LogP contribution >= 0.6 is 11.6 Å². The van der Waals surface area contributed by atoms with Gasteiger partial charge in [0.2, 0.25) is 11.7 Å². The molecule has 0 spiro atoms. The van der Waals surface area contributed by atoms with E-state index in [1.165, 1.54) is 0 Å². The Morgan fingerprint density at radius 1 is 1.16 bits per heavy atom. The van der Waals surface area contributed by atoms with Crippen molar-refractivity contribution in [3.05, 3.63) is 47.6 Å². The third-order valence-corrected chi connectivity index (χ3v) is 2.69. The molecule has 0 aliphatic carbocycles. The zero-order valence-corrected chi connectivity index (χ0v) is 10.7. The molecule has 0 fully saturated rings. The summed E-state index contributed by atoms with van der Waals surface area (Å²) in [6.45, 7) is 1.73. The van der Waals surface area contributed by atoms with Crippen molar-refractivity contribution in [1.29, 1.82) is 0 Å². The number of hydrogen-bond donors (Lipinski definition) is 0. The molecule has 0 N–H and O–H groups in total. The molecule has 0 aliphatic heterocycles. The van der Waals surface area contributed by atoms with Gasteiger partial charge in [-0.05, 0) is 24.3 Å². The van der Waals surface area contributed by atoms with Gasteiger partial charge in [-0.15, -0.1) is 0 Å². The second kappa shape index (κ2) is 4.78. The van der Waals surface area contributed by atoms with Gasteiger partial charge in [-0.2, -0.15) is 4.98 Å². The van der Waals surface area contributed by atoms with Crippen molar-refractivity contribution in [3.63, 3.8) is 0 Å². The summed E-state index contributed by atoms with van der Waals surface area (Å²) in [6.07, 6.45) is 4.49. The molecule has 19 heavy (non-hydrogen) atoms. The lowest BCUT2D eigenvalue weighted by Gasteiger charge is -2.00. The zero-order valence-electron chi connectivity index (χ0n) is 9.96. The van der Waals surface area contributed by atoms with Gasteiger partial charge in [0.1, 0.15) is 5.69 Å². The van der Waals surface area contributed by atoms with Crippen molar-refractivity contribution in [2.45, 2.75) is 6.92 Å². The summed E-state index contributed by atoms with van der Waals surface area (Å²) in [5.41, 5.74) is 2.14. The molecule has 0 amide bonds. The van der Waals surface area contributed by atoms with E-state index in [1.54, 1.807) is 25.3 Å². The highest BCUT2D eigenvalue weighted by atomic mass is 35.5. The lowest BCUT2D eigenvalue weighted by molar-refractivity contribution is 0.394. The van der Waals surface area contributed by atoms with Crippen molar-refractivity contribution in [3.8, 4) is 22.8 Å². The van der Waals surface area contributed by atoms with Gasteiger partial charge >= 0.3 is 0 Å². The lowest BCUT2D eigenvalue weighted by Crippen LogP contribution is -1.89. The molecule has 3 aromatic rings. The van der Waals surface area contributed by atoms with Crippen LogP contribution in [0.15, 0.2) is 35.0 Å². The predicted octanol–water partition coefficient (Wildman–Crippen LogP) is 2.96. The maximum Gasteiger partial charge on any atom is 0.223 e.